The summed E-state index contributed by atoms with van der Waals surface area (Å²) in [5, 5.41) is 2.84. The van der Waals surface area contributed by atoms with Gasteiger partial charge in [0.25, 0.3) is 5.91 Å². The van der Waals surface area contributed by atoms with E-state index in [9.17, 15) is 4.79 Å². The maximum atomic E-state index is 11.9. The van der Waals surface area contributed by atoms with Crippen LogP contribution in [0.15, 0.2) is 42.5 Å². The van der Waals surface area contributed by atoms with E-state index in [-0.39, 0.29) is 12.5 Å². The Bertz CT molecular complexity index is 605. The zero-order valence-electron chi connectivity index (χ0n) is 11.4. The van der Waals surface area contributed by atoms with Crippen LogP contribution in [-0.4, -0.2) is 12.5 Å². The lowest BCUT2D eigenvalue weighted by Crippen LogP contribution is -2.20. The predicted octanol–water partition coefficient (Wildman–Crippen LogP) is 3.93. The highest BCUT2D eigenvalue weighted by Crippen LogP contribution is 2.18. The summed E-state index contributed by atoms with van der Waals surface area (Å²) < 4.78 is 6.53. The Labute approximate surface area is 132 Å². The van der Waals surface area contributed by atoms with E-state index in [0.717, 1.165) is 26.1 Å². The Hall–Kier alpha value is -1.56. The molecule has 0 fully saturated rings. The molecule has 0 spiro atoms. The largest absolute Gasteiger partial charge is 0.484 e. The van der Waals surface area contributed by atoms with Crippen LogP contribution >= 0.6 is 22.6 Å². The molecule has 0 unspecified atom stereocenters. The minimum atomic E-state index is -0.159. The number of halogens is 1. The number of anilines is 1. The minimum absolute atomic E-state index is 0.00781. The van der Waals surface area contributed by atoms with E-state index in [2.05, 4.69) is 34.0 Å². The van der Waals surface area contributed by atoms with Crippen molar-refractivity contribution in [2.24, 2.45) is 0 Å². The van der Waals surface area contributed by atoms with Gasteiger partial charge in [-0.05, 0) is 71.8 Å². The lowest BCUT2D eigenvalue weighted by Gasteiger charge is -2.10. The van der Waals surface area contributed by atoms with Gasteiger partial charge >= 0.3 is 0 Å². The zero-order valence-corrected chi connectivity index (χ0v) is 13.6. The lowest BCUT2D eigenvalue weighted by atomic mass is 10.1. The van der Waals surface area contributed by atoms with Gasteiger partial charge in [0.05, 0.1) is 5.69 Å². The molecular formula is C16H16INO2. The first-order chi connectivity index (χ1) is 9.54. The van der Waals surface area contributed by atoms with Gasteiger partial charge in [0.15, 0.2) is 6.61 Å². The van der Waals surface area contributed by atoms with E-state index in [0.29, 0.717) is 0 Å². The molecule has 0 atom stereocenters. The predicted molar refractivity (Wildman–Crippen MR) is 89.2 cm³/mol. The monoisotopic (exact) mass is 381 g/mol. The Morgan fingerprint density at radius 3 is 2.45 bits per heavy atom. The molecule has 0 aliphatic carbocycles. The molecule has 1 N–H and O–H groups in total. The van der Waals surface area contributed by atoms with Crippen molar-refractivity contribution in [2.45, 2.75) is 13.8 Å². The Kier molecular flexibility index (Phi) is 5.00. The summed E-state index contributed by atoms with van der Waals surface area (Å²) in [5.74, 6) is 0.564. The highest BCUT2D eigenvalue weighted by molar-refractivity contribution is 14.1. The van der Waals surface area contributed by atoms with E-state index in [1.807, 2.05) is 50.2 Å². The number of aryl methyl sites for hydroxylation is 2. The van der Waals surface area contributed by atoms with Crippen LogP contribution in [0.1, 0.15) is 11.1 Å². The van der Waals surface area contributed by atoms with E-state index < -0.39 is 0 Å². The second-order valence-corrected chi connectivity index (χ2v) is 5.80. The van der Waals surface area contributed by atoms with Crippen molar-refractivity contribution >= 4 is 34.2 Å². The van der Waals surface area contributed by atoms with Crippen LogP contribution in [0.25, 0.3) is 0 Å². The third-order valence-corrected chi connectivity index (χ3v) is 3.65. The maximum Gasteiger partial charge on any atom is 0.262 e. The fourth-order valence-electron chi connectivity index (χ4n) is 1.91. The van der Waals surface area contributed by atoms with Crippen molar-refractivity contribution in [3.8, 4) is 5.75 Å². The Morgan fingerprint density at radius 1 is 1.15 bits per heavy atom. The summed E-state index contributed by atoms with van der Waals surface area (Å²) in [4.78, 5) is 11.9. The van der Waals surface area contributed by atoms with Crippen LogP contribution in [0, 0.1) is 17.4 Å². The van der Waals surface area contributed by atoms with Gasteiger partial charge in [0, 0.05) is 3.57 Å². The lowest BCUT2D eigenvalue weighted by molar-refractivity contribution is -0.118. The number of rotatable bonds is 4. The number of carbonyl (C=O) groups is 1. The second-order valence-electron chi connectivity index (χ2n) is 4.64. The average molecular weight is 381 g/mol. The third kappa shape index (κ3) is 4.23. The van der Waals surface area contributed by atoms with Gasteiger partial charge < -0.3 is 10.1 Å². The molecule has 0 saturated heterocycles. The quantitative estimate of drug-likeness (QED) is 0.816. The van der Waals surface area contributed by atoms with Crippen LogP contribution in [0.4, 0.5) is 5.69 Å². The number of hydrogen-bond donors (Lipinski definition) is 1. The summed E-state index contributed by atoms with van der Waals surface area (Å²) >= 11 is 2.19. The molecule has 0 radical (unpaired) electrons. The van der Waals surface area contributed by atoms with Gasteiger partial charge in [-0.3, -0.25) is 4.79 Å². The number of benzene rings is 2. The van der Waals surface area contributed by atoms with E-state index in [1.54, 1.807) is 0 Å². The second kappa shape index (κ2) is 6.74. The number of hydrogen-bond acceptors (Lipinski definition) is 2. The number of nitrogens with one attached hydrogen (secondary N) is 1. The Balaban J connectivity index is 1.94. The number of para-hydroxylation sites is 1. The van der Waals surface area contributed by atoms with Crippen molar-refractivity contribution in [1.29, 1.82) is 0 Å². The smallest absolute Gasteiger partial charge is 0.262 e. The molecule has 20 heavy (non-hydrogen) atoms. The van der Waals surface area contributed by atoms with Crippen molar-refractivity contribution in [2.75, 3.05) is 11.9 Å². The normalized spacial score (nSPS) is 10.2. The first kappa shape index (κ1) is 14.8. The first-order valence-corrected chi connectivity index (χ1v) is 7.38. The standard InChI is InChI=1S/C16H16INO2/c1-11-7-12(2)9-13(8-11)20-10-16(19)18-15-6-4-3-5-14(15)17/h3-9H,10H2,1-2H3,(H,18,19). The van der Waals surface area contributed by atoms with Crippen LogP contribution in [-0.2, 0) is 4.79 Å². The van der Waals surface area contributed by atoms with Crippen molar-refractivity contribution in [3.05, 3.63) is 57.2 Å². The van der Waals surface area contributed by atoms with E-state index in [4.69, 9.17) is 4.74 Å². The van der Waals surface area contributed by atoms with Crippen molar-refractivity contribution in [1.82, 2.24) is 0 Å². The molecule has 2 rings (SSSR count). The molecule has 104 valence electrons. The highest BCUT2D eigenvalue weighted by atomic mass is 127. The Morgan fingerprint density at radius 2 is 1.80 bits per heavy atom. The van der Waals surface area contributed by atoms with Gasteiger partial charge in [-0.2, -0.15) is 0 Å². The van der Waals surface area contributed by atoms with Crippen LogP contribution < -0.4 is 10.1 Å². The number of ether oxygens (including phenoxy) is 1. The zero-order chi connectivity index (χ0) is 14.5. The van der Waals surface area contributed by atoms with Gasteiger partial charge in [-0.15, -0.1) is 0 Å². The summed E-state index contributed by atoms with van der Waals surface area (Å²) in [7, 11) is 0. The molecule has 0 aliphatic heterocycles. The molecular weight excluding hydrogens is 365 g/mol. The van der Waals surface area contributed by atoms with Crippen LogP contribution in [0.3, 0.4) is 0 Å². The fraction of sp³-hybridized carbons (Fsp3) is 0.188. The summed E-state index contributed by atoms with van der Waals surface area (Å²) in [6.07, 6.45) is 0. The number of amides is 1. The van der Waals surface area contributed by atoms with Crippen LogP contribution in [0.2, 0.25) is 0 Å². The molecule has 3 nitrogen and oxygen atoms in total. The van der Waals surface area contributed by atoms with Crippen molar-refractivity contribution < 1.29 is 9.53 Å². The topological polar surface area (TPSA) is 38.3 Å². The molecule has 2 aromatic carbocycles. The van der Waals surface area contributed by atoms with E-state index in [1.165, 1.54) is 0 Å². The number of carbonyl (C=O) groups excluding carboxylic acids is 1. The van der Waals surface area contributed by atoms with Gasteiger partial charge in [-0.1, -0.05) is 18.2 Å². The van der Waals surface area contributed by atoms with Gasteiger partial charge in [0.1, 0.15) is 5.75 Å². The van der Waals surface area contributed by atoms with Gasteiger partial charge in [-0.25, -0.2) is 0 Å². The molecule has 0 bridgehead atoms. The summed E-state index contributed by atoms with van der Waals surface area (Å²) in [6, 6.07) is 13.6. The molecule has 4 heteroatoms. The van der Waals surface area contributed by atoms with E-state index >= 15 is 0 Å². The minimum Gasteiger partial charge on any atom is -0.484 e. The van der Waals surface area contributed by atoms with Gasteiger partial charge in [0.2, 0.25) is 0 Å². The fourth-order valence-corrected chi connectivity index (χ4v) is 2.44. The third-order valence-electron chi connectivity index (χ3n) is 2.71. The molecule has 0 heterocycles. The molecule has 0 aliphatic rings. The highest BCUT2D eigenvalue weighted by Gasteiger charge is 2.06. The maximum absolute atomic E-state index is 11.9. The summed E-state index contributed by atoms with van der Waals surface area (Å²) in [6.45, 7) is 4.02. The average Bonchev–Trinajstić information content (AvgIpc) is 2.38. The first-order valence-electron chi connectivity index (χ1n) is 6.30. The molecule has 0 aromatic heterocycles. The van der Waals surface area contributed by atoms with Crippen LogP contribution in [0.5, 0.6) is 5.75 Å². The molecule has 0 saturated carbocycles. The molecule has 2 aromatic rings. The SMILES string of the molecule is Cc1cc(C)cc(OCC(=O)Nc2ccccc2I)c1. The summed E-state index contributed by atoms with van der Waals surface area (Å²) in [5.41, 5.74) is 3.05. The van der Waals surface area contributed by atoms with Crippen molar-refractivity contribution in [3.63, 3.8) is 0 Å². The molecule has 1 amide bonds.